The predicted molar refractivity (Wildman–Crippen MR) is 130 cm³/mol. The molecule has 35 heavy (non-hydrogen) atoms. The zero-order chi connectivity index (χ0) is 25.3. The molecule has 1 aliphatic rings. The number of hydrogen-bond donors (Lipinski definition) is 2. The number of carbonyl (C=O) groups excluding carboxylic acids is 3. The number of nitrogens with one attached hydrogen (secondary N) is 1. The first-order valence-corrected chi connectivity index (χ1v) is 10.7. The molecule has 10 heteroatoms. The van der Waals surface area contributed by atoms with Gasteiger partial charge in [0.1, 0.15) is 5.76 Å². The summed E-state index contributed by atoms with van der Waals surface area (Å²) in [5.74, 6) is -2.46. The number of nitrogens with zero attached hydrogens (tertiary/aromatic N) is 2. The van der Waals surface area contributed by atoms with Gasteiger partial charge >= 0.3 is 0 Å². The Balaban J connectivity index is 1.87. The van der Waals surface area contributed by atoms with Crippen molar-refractivity contribution in [2.45, 2.75) is 13.0 Å². The normalized spacial score (nSPS) is 16.9. The van der Waals surface area contributed by atoms with Crippen molar-refractivity contribution < 1.29 is 24.4 Å². The number of nitro benzene ring substituents is 1. The number of anilines is 2. The van der Waals surface area contributed by atoms with Crippen molar-refractivity contribution in [3.63, 3.8) is 0 Å². The predicted octanol–water partition coefficient (Wildman–Crippen LogP) is 4.83. The lowest BCUT2D eigenvalue weighted by atomic mass is 9.95. The van der Waals surface area contributed by atoms with Crippen LogP contribution in [0.1, 0.15) is 24.1 Å². The topological polar surface area (TPSA) is 130 Å². The number of hydrogen-bond acceptors (Lipinski definition) is 6. The maximum atomic E-state index is 13.2. The van der Waals surface area contributed by atoms with E-state index < -0.39 is 28.4 Å². The quantitative estimate of drug-likeness (QED) is 0.173. The summed E-state index contributed by atoms with van der Waals surface area (Å²) in [5.41, 5.74) is 1.15. The first kappa shape index (κ1) is 23.7. The number of aliphatic hydroxyl groups excluding tert-OH is 1. The molecule has 0 aromatic heterocycles. The highest BCUT2D eigenvalue weighted by atomic mass is 35.5. The second kappa shape index (κ2) is 9.40. The first-order chi connectivity index (χ1) is 16.7. The van der Waals surface area contributed by atoms with E-state index in [1.54, 1.807) is 24.3 Å². The van der Waals surface area contributed by atoms with Crippen LogP contribution in [0.15, 0.2) is 78.4 Å². The molecule has 176 valence electrons. The molecule has 1 heterocycles. The Morgan fingerprint density at radius 1 is 1.00 bits per heavy atom. The number of benzene rings is 3. The van der Waals surface area contributed by atoms with Crippen molar-refractivity contribution in [1.82, 2.24) is 0 Å². The van der Waals surface area contributed by atoms with Crippen LogP contribution in [-0.2, 0) is 14.4 Å². The molecular formula is C25H18ClN3O6. The van der Waals surface area contributed by atoms with Crippen molar-refractivity contribution in [1.29, 1.82) is 0 Å². The number of carbonyl (C=O) groups is 3. The third-order valence-electron chi connectivity index (χ3n) is 5.45. The fraction of sp³-hybridized carbons (Fsp3) is 0.0800. The van der Waals surface area contributed by atoms with Crippen LogP contribution >= 0.6 is 11.6 Å². The Labute approximate surface area is 204 Å². The summed E-state index contributed by atoms with van der Waals surface area (Å²) >= 11 is 5.93. The van der Waals surface area contributed by atoms with E-state index >= 15 is 0 Å². The monoisotopic (exact) mass is 491 g/mol. The van der Waals surface area contributed by atoms with Gasteiger partial charge in [-0.2, -0.15) is 0 Å². The van der Waals surface area contributed by atoms with E-state index in [1.165, 1.54) is 60.4 Å². The van der Waals surface area contributed by atoms with E-state index in [9.17, 15) is 29.6 Å². The van der Waals surface area contributed by atoms with E-state index in [4.69, 9.17) is 11.6 Å². The number of ketones is 1. The molecule has 2 N–H and O–H groups in total. The van der Waals surface area contributed by atoms with Gasteiger partial charge in [-0.15, -0.1) is 0 Å². The lowest BCUT2D eigenvalue weighted by Crippen LogP contribution is -2.29. The Morgan fingerprint density at radius 3 is 2.14 bits per heavy atom. The molecule has 1 atom stereocenters. The lowest BCUT2D eigenvalue weighted by Gasteiger charge is -2.25. The minimum atomic E-state index is -1.06. The number of halogens is 1. The average molecular weight is 492 g/mol. The van der Waals surface area contributed by atoms with Crippen molar-refractivity contribution >= 4 is 52.0 Å². The van der Waals surface area contributed by atoms with Gasteiger partial charge in [-0.1, -0.05) is 11.6 Å². The van der Waals surface area contributed by atoms with Crippen LogP contribution in [0.4, 0.5) is 17.1 Å². The molecule has 1 unspecified atom stereocenters. The molecule has 1 saturated heterocycles. The molecule has 3 aromatic rings. The highest BCUT2D eigenvalue weighted by Gasteiger charge is 2.47. The third kappa shape index (κ3) is 4.62. The third-order valence-corrected chi connectivity index (χ3v) is 5.70. The summed E-state index contributed by atoms with van der Waals surface area (Å²) in [6.07, 6.45) is 0. The highest BCUT2D eigenvalue weighted by molar-refractivity contribution is 6.51. The summed E-state index contributed by atoms with van der Waals surface area (Å²) in [6.45, 7) is 1.36. The molecule has 0 radical (unpaired) electrons. The zero-order valence-corrected chi connectivity index (χ0v) is 19.0. The standard InChI is InChI=1S/C25H18ClN3O6/c1-14(30)27-18-8-12-19(13-9-18)28-22(15-4-10-20(11-5-15)29(34)35)21(24(32)25(28)33)23(31)16-2-6-17(26)7-3-16/h2-13,22,31H,1H3,(H,27,30). The lowest BCUT2D eigenvalue weighted by molar-refractivity contribution is -0.384. The first-order valence-electron chi connectivity index (χ1n) is 10.4. The van der Waals surface area contributed by atoms with Crippen LogP contribution in [0.25, 0.3) is 5.76 Å². The Hall–Kier alpha value is -4.50. The number of rotatable bonds is 5. The van der Waals surface area contributed by atoms with Crippen molar-refractivity contribution in [2.75, 3.05) is 10.2 Å². The van der Waals surface area contributed by atoms with Gasteiger partial charge in [-0.05, 0) is 66.2 Å². The number of non-ortho nitro benzene ring substituents is 1. The van der Waals surface area contributed by atoms with Gasteiger partial charge in [-0.25, -0.2) is 0 Å². The molecule has 0 spiro atoms. The number of aliphatic hydroxyl groups is 1. The van der Waals surface area contributed by atoms with E-state index in [0.29, 0.717) is 22.0 Å². The maximum absolute atomic E-state index is 13.2. The van der Waals surface area contributed by atoms with Crippen molar-refractivity contribution in [3.8, 4) is 0 Å². The van der Waals surface area contributed by atoms with E-state index in [0.717, 1.165) is 0 Å². The van der Waals surface area contributed by atoms with Gasteiger partial charge in [0.05, 0.1) is 16.5 Å². The molecule has 4 rings (SSSR count). The van der Waals surface area contributed by atoms with E-state index in [2.05, 4.69) is 5.32 Å². The maximum Gasteiger partial charge on any atom is 0.300 e. The smallest absolute Gasteiger partial charge is 0.300 e. The number of amides is 2. The SMILES string of the molecule is CC(=O)Nc1ccc(N2C(=O)C(=O)C(=C(O)c3ccc(Cl)cc3)C2c2ccc([N+](=O)[O-])cc2)cc1. The summed E-state index contributed by atoms with van der Waals surface area (Å²) in [4.78, 5) is 49.4. The van der Waals surface area contributed by atoms with Crippen LogP contribution in [-0.4, -0.2) is 27.6 Å². The minimum Gasteiger partial charge on any atom is -0.507 e. The Morgan fingerprint density at radius 2 is 1.60 bits per heavy atom. The Kier molecular flexibility index (Phi) is 6.35. The minimum absolute atomic E-state index is 0.164. The average Bonchev–Trinajstić information content (AvgIpc) is 3.10. The van der Waals surface area contributed by atoms with Crippen LogP contribution in [0, 0.1) is 10.1 Å². The summed E-state index contributed by atoms with van der Waals surface area (Å²) in [7, 11) is 0. The molecule has 0 aliphatic carbocycles. The van der Waals surface area contributed by atoms with E-state index in [1.807, 2.05) is 0 Å². The van der Waals surface area contributed by atoms with Crippen LogP contribution in [0.3, 0.4) is 0 Å². The molecular weight excluding hydrogens is 474 g/mol. The molecule has 9 nitrogen and oxygen atoms in total. The summed E-state index contributed by atoms with van der Waals surface area (Å²) < 4.78 is 0. The fourth-order valence-corrected chi connectivity index (χ4v) is 3.99. The van der Waals surface area contributed by atoms with Crippen LogP contribution in [0.2, 0.25) is 5.02 Å². The molecule has 1 fully saturated rings. The highest BCUT2D eigenvalue weighted by Crippen LogP contribution is 2.42. The van der Waals surface area contributed by atoms with Gasteiger partial charge in [0, 0.05) is 41.0 Å². The molecule has 1 aliphatic heterocycles. The van der Waals surface area contributed by atoms with Crippen LogP contribution in [0.5, 0.6) is 0 Å². The zero-order valence-electron chi connectivity index (χ0n) is 18.3. The second-order valence-electron chi connectivity index (χ2n) is 7.75. The van der Waals surface area contributed by atoms with Gasteiger partial charge < -0.3 is 10.4 Å². The van der Waals surface area contributed by atoms with Crippen molar-refractivity contribution in [3.05, 3.63) is 105 Å². The largest absolute Gasteiger partial charge is 0.507 e. The van der Waals surface area contributed by atoms with Crippen molar-refractivity contribution in [2.24, 2.45) is 0 Å². The second-order valence-corrected chi connectivity index (χ2v) is 8.19. The Bertz CT molecular complexity index is 1370. The fourth-order valence-electron chi connectivity index (χ4n) is 3.86. The van der Waals surface area contributed by atoms with Gasteiger partial charge in [0.2, 0.25) is 5.91 Å². The number of Topliss-reactive ketones (excluding diaryl/α,β-unsaturated/α-hetero) is 1. The van der Waals surface area contributed by atoms with E-state index in [-0.39, 0.29) is 22.7 Å². The van der Waals surface area contributed by atoms with Gasteiger partial charge in [0.15, 0.2) is 0 Å². The summed E-state index contributed by atoms with van der Waals surface area (Å²) in [5, 5.41) is 25.2. The van der Waals surface area contributed by atoms with Crippen LogP contribution < -0.4 is 10.2 Å². The molecule has 2 amide bonds. The summed E-state index contributed by atoms with van der Waals surface area (Å²) in [6, 6.07) is 16.7. The van der Waals surface area contributed by atoms with Gasteiger partial charge in [0.25, 0.3) is 17.4 Å². The van der Waals surface area contributed by atoms with Gasteiger partial charge in [-0.3, -0.25) is 29.4 Å². The molecule has 0 saturated carbocycles. The number of nitro groups is 1. The molecule has 3 aromatic carbocycles. The molecule has 0 bridgehead atoms.